The molecule has 0 saturated heterocycles. The molecule has 98 valence electrons. The quantitative estimate of drug-likeness (QED) is 0.696. The van der Waals surface area contributed by atoms with Crippen LogP contribution in [0, 0.1) is 0 Å². The summed E-state index contributed by atoms with van der Waals surface area (Å²) in [6.45, 7) is 0. The van der Waals surface area contributed by atoms with E-state index in [2.05, 4.69) is 20.3 Å². The van der Waals surface area contributed by atoms with Gasteiger partial charge >= 0.3 is 0 Å². The molecule has 3 aromatic heterocycles. The van der Waals surface area contributed by atoms with Crippen molar-refractivity contribution in [3.05, 3.63) is 18.5 Å². The van der Waals surface area contributed by atoms with Crippen LogP contribution in [0.3, 0.4) is 0 Å². The number of nitrogens with zero attached hydrogens (tertiary/aromatic N) is 4. The second-order valence-electron chi connectivity index (χ2n) is 5.24. The van der Waals surface area contributed by atoms with E-state index in [9.17, 15) is 5.11 Å². The summed E-state index contributed by atoms with van der Waals surface area (Å²) in [6.07, 6.45) is 7.14. The lowest BCUT2D eigenvalue weighted by Crippen LogP contribution is -2.23. The molecule has 19 heavy (non-hydrogen) atoms. The van der Waals surface area contributed by atoms with Crippen molar-refractivity contribution in [2.45, 2.75) is 37.8 Å². The fourth-order valence-electron chi connectivity index (χ4n) is 3.05. The van der Waals surface area contributed by atoms with Crippen molar-refractivity contribution in [3.63, 3.8) is 0 Å². The molecular weight excluding hydrogens is 242 g/mol. The number of aliphatic hydroxyl groups is 1. The molecule has 6 heteroatoms. The number of fused-ring (bicyclic) bond motifs is 3. The molecule has 1 aliphatic carbocycles. The molecule has 4 rings (SSSR count). The molecule has 0 bridgehead atoms. The van der Waals surface area contributed by atoms with Crippen molar-refractivity contribution >= 4 is 22.1 Å². The minimum absolute atomic E-state index is 0.221. The first-order chi connectivity index (χ1) is 9.33. The van der Waals surface area contributed by atoms with Crippen LogP contribution in [0.4, 0.5) is 0 Å². The number of pyridine rings is 1. The van der Waals surface area contributed by atoms with E-state index in [0.29, 0.717) is 0 Å². The van der Waals surface area contributed by atoms with Crippen LogP contribution in [0.25, 0.3) is 22.1 Å². The number of aromatic nitrogens is 5. The van der Waals surface area contributed by atoms with E-state index in [-0.39, 0.29) is 12.1 Å². The first-order valence-electron chi connectivity index (χ1n) is 6.68. The van der Waals surface area contributed by atoms with Crippen molar-refractivity contribution in [1.29, 1.82) is 0 Å². The summed E-state index contributed by atoms with van der Waals surface area (Å²) < 4.78 is 1.97. The lowest BCUT2D eigenvalue weighted by atomic mass is 9.93. The summed E-state index contributed by atoms with van der Waals surface area (Å²) in [6, 6.07) is 2.23. The van der Waals surface area contributed by atoms with Gasteiger partial charge in [0.05, 0.1) is 18.3 Å². The molecule has 0 aliphatic heterocycles. The first kappa shape index (κ1) is 10.9. The van der Waals surface area contributed by atoms with Crippen LogP contribution < -0.4 is 0 Å². The fraction of sp³-hybridized carbons (Fsp3) is 0.462. The summed E-state index contributed by atoms with van der Waals surface area (Å²) in [7, 11) is 0. The van der Waals surface area contributed by atoms with Gasteiger partial charge < -0.3 is 10.1 Å². The highest BCUT2D eigenvalue weighted by Crippen LogP contribution is 2.32. The van der Waals surface area contributed by atoms with Gasteiger partial charge in [0, 0.05) is 11.6 Å². The number of nitrogens with one attached hydrogen (secondary N) is 1. The predicted octanol–water partition coefficient (Wildman–Crippen LogP) is 1.78. The second-order valence-corrected chi connectivity index (χ2v) is 5.24. The summed E-state index contributed by atoms with van der Waals surface area (Å²) in [5.74, 6) is 0. The SMILES string of the molecule is OC1CCCC(n2nnc3cnc4[nH]ccc4c32)C1. The maximum absolute atomic E-state index is 9.84. The number of H-pyrrole nitrogens is 1. The molecule has 6 nitrogen and oxygen atoms in total. The zero-order valence-electron chi connectivity index (χ0n) is 10.5. The number of hydrogen-bond donors (Lipinski definition) is 2. The van der Waals surface area contributed by atoms with Gasteiger partial charge in [-0.05, 0) is 31.7 Å². The highest BCUT2D eigenvalue weighted by molar-refractivity contribution is 6.00. The summed E-state index contributed by atoms with van der Waals surface area (Å²) >= 11 is 0. The maximum Gasteiger partial charge on any atom is 0.139 e. The average Bonchev–Trinajstić information content (AvgIpc) is 3.04. The normalized spacial score (nSPS) is 24.3. The third-order valence-electron chi connectivity index (χ3n) is 3.98. The second kappa shape index (κ2) is 4.03. The molecule has 0 radical (unpaired) electrons. The van der Waals surface area contributed by atoms with E-state index in [4.69, 9.17) is 0 Å². The van der Waals surface area contributed by atoms with Gasteiger partial charge in [0.1, 0.15) is 16.7 Å². The molecule has 2 N–H and O–H groups in total. The minimum atomic E-state index is -0.221. The van der Waals surface area contributed by atoms with Gasteiger partial charge in [0.15, 0.2) is 0 Å². The third kappa shape index (κ3) is 1.63. The molecular formula is C13H15N5O. The van der Waals surface area contributed by atoms with Crippen LogP contribution in [0.2, 0.25) is 0 Å². The van der Waals surface area contributed by atoms with Crippen LogP contribution in [0.1, 0.15) is 31.7 Å². The Bertz CT molecular complexity index is 731. The Morgan fingerprint density at radius 3 is 3.21 bits per heavy atom. The van der Waals surface area contributed by atoms with Crippen LogP contribution in [0.5, 0.6) is 0 Å². The molecule has 2 atom stereocenters. The highest BCUT2D eigenvalue weighted by atomic mass is 16.3. The monoisotopic (exact) mass is 257 g/mol. The van der Waals surface area contributed by atoms with Crippen LogP contribution in [0.15, 0.2) is 18.5 Å². The van der Waals surface area contributed by atoms with Gasteiger partial charge in [-0.2, -0.15) is 0 Å². The molecule has 0 aromatic carbocycles. The van der Waals surface area contributed by atoms with Crippen molar-refractivity contribution < 1.29 is 5.11 Å². The number of rotatable bonds is 1. The first-order valence-corrected chi connectivity index (χ1v) is 6.68. The van der Waals surface area contributed by atoms with Crippen molar-refractivity contribution in [3.8, 4) is 0 Å². The molecule has 3 heterocycles. The Balaban J connectivity index is 1.91. The number of aromatic amines is 1. The van der Waals surface area contributed by atoms with Gasteiger partial charge in [0.25, 0.3) is 0 Å². The van der Waals surface area contributed by atoms with E-state index in [1.807, 2.05) is 16.9 Å². The smallest absolute Gasteiger partial charge is 0.139 e. The zero-order valence-corrected chi connectivity index (χ0v) is 10.5. The zero-order chi connectivity index (χ0) is 12.8. The van der Waals surface area contributed by atoms with Gasteiger partial charge in [-0.1, -0.05) is 5.21 Å². The van der Waals surface area contributed by atoms with Gasteiger partial charge in [-0.15, -0.1) is 5.10 Å². The lowest BCUT2D eigenvalue weighted by molar-refractivity contribution is 0.101. The molecule has 3 aromatic rings. The summed E-state index contributed by atoms with van der Waals surface area (Å²) in [4.78, 5) is 7.43. The Morgan fingerprint density at radius 2 is 2.32 bits per heavy atom. The fourth-order valence-corrected chi connectivity index (χ4v) is 3.05. The average molecular weight is 257 g/mol. The Hall–Kier alpha value is -1.95. The Labute approximate surface area is 109 Å². The third-order valence-corrected chi connectivity index (χ3v) is 3.98. The van der Waals surface area contributed by atoms with Gasteiger partial charge in [0.2, 0.25) is 0 Å². The van der Waals surface area contributed by atoms with Crippen molar-refractivity contribution in [1.82, 2.24) is 25.0 Å². The topological polar surface area (TPSA) is 79.6 Å². The molecule has 1 saturated carbocycles. The van der Waals surface area contributed by atoms with E-state index >= 15 is 0 Å². The Kier molecular flexibility index (Phi) is 2.32. The molecule has 2 unspecified atom stereocenters. The Morgan fingerprint density at radius 1 is 1.37 bits per heavy atom. The minimum Gasteiger partial charge on any atom is -0.393 e. The van der Waals surface area contributed by atoms with E-state index in [0.717, 1.165) is 47.8 Å². The standard InChI is InChI=1S/C13H15N5O/c19-9-3-1-2-8(6-9)18-12-10-4-5-14-13(10)15-7-11(12)16-17-18/h4-5,7-9,19H,1-3,6H2,(H,14,15). The van der Waals surface area contributed by atoms with E-state index in [1.54, 1.807) is 6.20 Å². The maximum atomic E-state index is 9.84. The van der Waals surface area contributed by atoms with Crippen LogP contribution in [-0.4, -0.2) is 36.2 Å². The van der Waals surface area contributed by atoms with E-state index < -0.39 is 0 Å². The van der Waals surface area contributed by atoms with Crippen molar-refractivity contribution in [2.75, 3.05) is 0 Å². The summed E-state index contributed by atoms with van der Waals surface area (Å²) in [5.41, 5.74) is 2.69. The van der Waals surface area contributed by atoms with Crippen molar-refractivity contribution in [2.24, 2.45) is 0 Å². The number of hydrogen-bond acceptors (Lipinski definition) is 4. The van der Waals surface area contributed by atoms with E-state index in [1.165, 1.54) is 0 Å². The largest absolute Gasteiger partial charge is 0.393 e. The van der Waals surface area contributed by atoms with Gasteiger partial charge in [-0.25, -0.2) is 9.67 Å². The lowest BCUT2D eigenvalue weighted by Gasteiger charge is -2.26. The molecule has 1 fully saturated rings. The molecule has 0 amide bonds. The predicted molar refractivity (Wildman–Crippen MR) is 70.7 cm³/mol. The number of aliphatic hydroxyl groups excluding tert-OH is 1. The van der Waals surface area contributed by atoms with Crippen LogP contribution >= 0.6 is 0 Å². The molecule has 1 aliphatic rings. The summed E-state index contributed by atoms with van der Waals surface area (Å²) in [5, 5.41) is 19.4. The molecule has 0 spiro atoms. The van der Waals surface area contributed by atoms with Crippen LogP contribution in [-0.2, 0) is 0 Å². The highest BCUT2D eigenvalue weighted by Gasteiger charge is 2.24. The van der Waals surface area contributed by atoms with Gasteiger partial charge in [-0.3, -0.25) is 0 Å².